The maximum atomic E-state index is 12.8. The van der Waals surface area contributed by atoms with Gasteiger partial charge in [0.25, 0.3) is 0 Å². The number of carbonyl (C=O) groups is 3. The van der Waals surface area contributed by atoms with Crippen LogP contribution in [0.3, 0.4) is 0 Å². The molecule has 0 heterocycles. The summed E-state index contributed by atoms with van der Waals surface area (Å²) < 4.78 is 16.8. The predicted molar refractivity (Wildman–Crippen MR) is 275 cm³/mol. The van der Waals surface area contributed by atoms with Crippen LogP contribution < -0.4 is 0 Å². The van der Waals surface area contributed by atoms with Crippen molar-refractivity contribution in [1.82, 2.24) is 0 Å². The summed E-state index contributed by atoms with van der Waals surface area (Å²) in [6.45, 7) is 6.49. The Balaban J connectivity index is 4.39. The number of rotatable bonds is 49. The number of carbonyl (C=O) groups excluding carboxylic acids is 3. The van der Waals surface area contributed by atoms with Crippen molar-refractivity contribution in [2.45, 2.75) is 277 Å². The second-order valence-electron chi connectivity index (χ2n) is 18.2. The van der Waals surface area contributed by atoms with Crippen molar-refractivity contribution in [2.24, 2.45) is 0 Å². The highest BCUT2D eigenvalue weighted by Gasteiger charge is 2.19. The molecule has 0 aromatic carbocycles. The van der Waals surface area contributed by atoms with Gasteiger partial charge in [0.1, 0.15) is 13.2 Å². The molecule has 0 saturated carbocycles. The van der Waals surface area contributed by atoms with Crippen LogP contribution >= 0.6 is 0 Å². The monoisotopic (exact) mass is 895 g/mol. The van der Waals surface area contributed by atoms with Gasteiger partial charge in [0.2, 0.25) is 0 Å². The average Bonchev–Trinajstić information content (AvgIpc) is 3.29. The predicted octanol–water partition coefficient (Wildman–Crippen LogP) is 18.0. The number of hydrogen-bond donors (Lipinski definition) is 0. The lowest BCUT2D eigenvalue weighted by Gasteiger charge is -2.18. The molecule has 0 rings (SSSR count). The smallest absolute Gasteiger partial charge is 0.306 e. The van der Waals surface area contributed by atoms with Gasteiger partial charge in [0.15, 0.2) is 6.10 Å². The van der Waals surface area contributed by atoms with Gasteiger partial charge in [-0.3, -0.25) is 14.4 Å². The summed E-state index contributed by atoms with van der Waals surface area (Å²) >= 11 is 0. The fraction of sp³-hybridized carbons (Fsp3) is 0.776. The Morgan fingerprint density at radius 1 is 0.328 bits per heavy atom. The highest BCUT2D eigenvalue weighted by molar-refractivity contribution is 5.71. The Hall–Kier alpha value is -2.89. The first-order valence-electron chi connectivity index (χ1n) is 27.3. The van der Waals surface area contributed by atoms with Gasteiger partial charge in [-0.25, -0.2) is 0 Å². The molecular formula is C58H102O6. The first kappa shape index (κ1) is 61.1. The standard InChI is InChI=1S/C58H102O6/c1-4-7-10-13-16-19-22-25-27-28-29-31-33-36-39-42-45-48-51-57(60)63-54-55(53-62-56(59)50-47-44-41-38-35-32-24-21-18-15-12-9-6-3)64-58(61)52-49-46-43-40-37-34-30-26-23-20-17-14-11-8-5-2/h8,11,14,17,20,23,29,31-32,35,55H,4-7,9-10,12-13,15-16,18-19,21-22,24-28,30,33-34,36-54H2,1-3H3/b11-8-,17-14-,23-20-,31-29-,35-32-. The molecule has 0 radical (unpaired) electrons. The normalized spacial score (nSPS) is 12.5. The van der Waals surface area contributed by atoms with E-state index in [1.165, 1.54) is 141 Å². The van der Waals surface area contributed by atoms with Crippen LogP contribution in [0.25, 0.3) is 0 Å². The van der Waals surface area contributed by atoms with Crippen molar-refractivity contribution in [1.29, 1.82) is 0 Å². The van der Waals surface area contributed by atoms with Crippen LogP contribution in [-0.4, -0.2) is 37.2 Å². The first-order valence-corrected chi connectivity index (χ1v) is 27.3. The number of ether oxygens (including phenoxy) is 3. The molecule has 0 spiro atoms. The zero-order chi connectivity index (χ0) is 46.5. The van der Waals surface area contributed by atoms with Crippen LogP contribution in [0.4, 0.5) is 0 Å². The molecule has 0 amide bonds. The Bertz CT molecular complexity index is 1170. The van der Waals surface area contributed by atoms with Crippen molar-refractivity contribution in [3.63, 3.8) is 0 Å². The summed E-state index contributed by atoms with van der Waals surface area (Å²) in [5.74, 6) is -0.917. The van der Waals surface area contributed by atoms with E-state index in [-0.39, 0.29) is 31.1 Å². The molecule has 0 saturated heterocycles. The van der Waals surface area contributed by atoms with E-state index in [0.717, 1.165) is 89.9 Å². The molecule has 0 N–H and O–H groups in total. The van der Waals surface area contributed by atoms with E-state index in [9.17, 15) is 14.4 Å². The molecule has 0 aliphatic heterocycles. The molecular weight excluding hydrogens is 793 g/mol. The Morgan fingerprint density at radius 2 is 0.625 bits per heavy atom. The minimum absolute atomic E-state index is 0.0876. The van der Waals surface area contributed by atoms with Crippen molar-refractivity contribution in [3.05, 3.63) is 60.8 Å². The number of unbranched alkanes of at least 4 members (excludes halogenated alkanes) is 30. The van der Waals surface area contributed by atoms with Gasteiger partial charge in [0, 0.05) is 19.3 Å². The summed E-state index contributed by atoms with van der Waals surface area (Å²) in [7, 11) is 0. The number of esters is 3. The van der Waals surface area contributed by atoms with Gasteiger partial charge >= 0.3 is 17.9 Å². The quantitative estimate of drug-likeness (QED) is 0.0199. The Labute approximate surface area is 396 Å². The molecule has 0 aliphatic carbocycles. The minimum atomic E-state index is -0.789. The summed E-state index contributed by atoms with van der Waals surface area (Å²) in [5, 5.41) is 0. The number of hydrogen-bond acceptors (Lipinski definition) is 6. The maximum absolute atomic E-state index is 12.8. The van der Waals surface area contributed by atoms with Crippen LogP contribution in [0.1, 0.15) is 271 Å². The number of allylic oxidation sites excluding steroid dienone is 10. The zero-order valence-electron chi connectivity index (χ0n) is 42.3. The largest absolute Gasteiger partial charge is 0.462 e. The lowest BCUT2D eigenvalue weighted by Crippen LogP contribution is -2.30. The van der Waals surface area contributed by atoms with E-state index >= 15 is 0 Å². The molecule has 0 bridgehead atoms. The molecule has 0 aliphatic rings. The van der Waals surface area contributed by atoms with Crippen LogP contribution in [0.2, 0.25) is 0 Å². The van der Waals surface area contributed by atoms with Crippen LogP contribution in [0.15, 0.2) is 60.8 Å². The first-order chi connectivity index (χ1) is 31.5. The Kier molecular flexibility index (Phi) is 50.4. The molecule has 6 heteroatoms. The van der Waals surface area contributed by atoms with Gasteiger partial charge in [0.05, 0.1) is 0 Å². The third-order valence-corrected chi connectivity index (χ3v) is 11.8. The van der Waals surface area contributed by atoms with Crippen molar-refractivity contribution < 1.29 is 28.6 Å². The van der Waals surface area contributed by atoms with E-state index in [1.807, 2.05) is 0 Å². The zero-order valence-corrected chi connectivity index (χ0v) is 42.3. The lowest BCUT2D eigenvalue weighted by atomic mass is 10.1. The summed E-state index contributed by atoms with van der Waals surface area (Å²) in [6, 6.07) is 0. The summed E-state index contributed by atoms with van der Waals surface area (Å²) in [6.07, 6.45) is 64.9. The molecule has 0 fully saturated rings. The van der Waals surface area contributed by atoms with Crippen molar-refractivity contribution in [2.75, 3.05) is 13.2 Å². The van der Waals surface area contributed by atoms with Crippen molar-refractivity contribution >= 4 is 17.9 Å². The van der Waals surface area contributed by atoms with E-state index in [1.54, 1.807) is 0 Å². The van der Waals surface area contributed by atoms with E-state index in [0.29, 0.717) is 19.3 Å². The minimum Gasteiger partial charge on any atom is -0.462 e. The topological polar surface area (TPSA) is 78.9 Å². The second kappa shape index (κ2) is 52.7. The van der Waals surface area contributed by atoms with Crippen molar-refractivity contribution in [3.8, 4) is 0 Å². The van der Waals surface area contributed by atoms with Crippen LogP contribution in [-0.2, 0) is 28.6 Å². The lowest BCUT2D eigenvalue weighted by molar-refractivity contribution is -0.167. The fourth-order valence-electron chi connectivity index (χ4n) is 7.67. The molecule has 1 unspecified atom stereocenters. The van der Waals surface area contributed by atoms with E-state index in [2.05, 4.69) is 81.5 Å². The van der Waals surface area contributed by atoms with Gasteiger partial charge < -0.3 is 14.2 Å². The molecule has 0 aromatic rings. The molecule has 64 heavy (non-hydrogen) atoms. The van der Waals surface area contributed by atoms with Gasteiger partial charge in [-0.1, -0.05) is 223 Å². The highest BCUT2D eigenvalue weighted by Crippen LogP contribution is 2.15. The fourth-order valence-corrected chi connectivity index (χ4v) is 7.67. The maximum Gasteiger partial charge on any atom is 0.306 e. The molecule has 0 aromatic heterocycles. The summed E-state index contributed by atoms with van der Waals surface area (Å²) in [5.41, 5.74) is 0. The second-order valence-corrected chi connectivity index (χ2v) is 18.2. The van der Waals surface area contributed by atoms with Gasteiger partial charge in [-0.2, -0.15) is 0 Å². The van der Waals surface area contributed by atoms with E-state index in [4.69, 9.17) is 14.2 Å². The third kappa shape index (κ3) is 50.1. The van der Waals surface area contributed by atoms with Crippen LogP contribution in [0.5, 0.6) is 0 Å². The van der Waals surface area contributed by atoms with E-state index < -0.39 is 6.10 Å². The molecule has 370 valence electrons. The van der Waals surface area contributed by atoms with Gasteiger partial charge in [-0.15, -0.1) is 0 Å². The van der Waals surface area contributed by atoms with Crippen LogP contribution in [0, 0.1) is 0 Å². The summed E-state index contributed by atoms with van der Waals surface area (Å²) in [4.78, 5) is 38.0. The SMILES string of the molecule is CC\C=C/C=C\C=C/CCCCCCCCCC(=O)OC(COC(=O)CCCCC/C=C\CCCCCCCC)COC(=O)CCCCCCC/C=C\CCCCCCCCCCC. The average molecular weight is 895 g/mol. The highest BCUT2D eigenvalue weighted by atomic mass is 16.6. The molecule has 1 atom stereocenters. The van der Waals surface area contributed by atoms with Gasteiger partial charge in [-0.05, 0) is 89.9 Å². The Morgan fingerprint density at radius 3 is 1.00 bits per heavy atom. The molecule has 6 nitrogen and oxygen atoms in total. The third-order valence-electron chi connectivity index (χ3n) is 11.8.